The zero-order valence-electron chi connectivity index (χ0n) is 12.6. The molecule has 0 saturated carbocycles. The minimum Gasteiger partial charge on any atom is -0.388 e. The number of pyridine rings is 1. The molecule has 1 aliphatic rings. The van der Waals surface area contributed by atoms with Crippen LogP contribution in [-0.2, 0) is 4.74 Å². The molecule has 1 aromatic heterocycles. The van der Waals surface area contributed by atoms with Crippen LogP contribution in [0, 0.1) is 0 Å². The molecule has 0 radical (unpaired) electrons. The minimum absolute atomic E-state index is 0.288. The monoisotopic (exact) mass is 279 g/mol. The fraction of sp³-hybridized carbons (Fsp3) is 0.667. The number of hydrogen-bond acceptors (Lipinski definition) is 5. The van der Waals surface area contributed by atoms with Crippen molar-refractivity contribution < 1.29 is 9.84 Å². The smallest absolute Gasteiger partial charge is 0.128 e. The molecule has 1 aliphatic heterocycles. The van der Waals surface area contributed by atoms with Gasteiger partial charge in [0.2, 0.25) is 0 Å². The van der Waals surface area contributed by atoms with Crippen molar-refractivity contribution in [2.45, 2.75) is 31.4 Å². The van der Waals surface area contributed by atoms with Crippen LogP contribution in [0.15, 0.2) is 18.3 Å². The van der Waals surface area contributed by atoms with Gasteiger partial charge in [-0.3, -0.25) is 0 Å². The summed E-state index contributed by atoms with van der Waals surface area (Å²) >= 11 is 0. The topological polar surface area (TPSA) is 57.6 Å². The van der Waals surface area contributed by atoms with Gasteiger partial charge in [-0.25, -0.2) is 4.98 Å². The minimum atomic E-state index is -0.667. The van der Waals surface area contributed by atoms with Gasteiger partial charge in [0.15, 0.2) is 0 Å². The second kappa shape index (κ2) is 6.52. The molecular formula is C15H25N3O2. The second-order valence-corrected chi connectivity index (χ2v) is 5.65. The first-order valence-electron chi connectivity index (χ1n) is 7.18. The van der Waals surface area contributed by atoms with Crippen molar-refractivity contribution in [3.8, 4) is 0 Å². The van der Waals surface area contributed by atoms with Gasteiger partial charge in [-0.05, 0) is 31.7 Å². The number of aromatic nitrogens is 1. The molecule has 1 saturated heterocycles. The van der Waals surface area contributed by atoms with Crippen molar-refractivity contribution in [3.05, 3.63) is 23.9 Å². The number of aliphatic hydroxyl groups is 1. The maximum Gasteiger partial charge on any atom is 0.128 e. The van der Waals surface area contributed by atoms with E-state index < -0.39 is 5.60 Å². The number of nitrogens with zero attached hydrogens (tertiary/aromatic N) is 2. The molecule has 0 bridgehead atoms. The normalized spacial score (nSPS) is 19.6. The Morgan fingerprint density at radius 2 is 2.20 bits per heavy atom. The van der Waals surface area contributed by atoms with E-state index >= 15 is 0 Å². The molecule has 0 aromatic carbocycles. The van der Waals surface area contributed by atoms with E-state index in [9.17, 15) is 5.11 Å². The molecule has 5 nitrogen and oxygen atoms in total. The number of likely N-dealkylation sites (N-methyl/N-ethyl adjacent to an activating group) is 1. The number of hydrogen-bond donors (Lipinski definition) is 2. The number of nitrogens with one attached hydrogen (secondary N) is 1. The van der Waals surface area contributed by atoms with Gasteiger partial charge in [-0.2, -0.15) is 0 Å². The molecule has 1 unspecified atom stereocenters. The van der Waals surface area contributed by atoms with Crippen LogP contribution >= 0.6 is 0 Å². The largest absolute Gasteiger partial charge is 0.388 e. The molecule has 1 atom stereocenters. The molecule has 2 N–H and O–H groups in total. The number of anilines is 1. The summed E-state index contributed by atoms with van der Waals surface area (Å²) in [6, 6.07) is 4.38. The molecular weight excluding hydrogens is 254 g/mol. The molecule has 1 fully saturated rings. The zero-order valence-corrected chi connectivity index (χ0v) is 12.6. The Bertz CT molecular complexity index is 433. The van der Waals surface area contributed by atoms with Crippen molar-refractivity contribution in [1.29, 1.82) is 0 Å². The van der Waals surface area contributed by atoms with Crippen LogP contribution in [0.3, 0.4) is 0 Å². The maximum absolute atomic E-state index is 10.6. The van der Waals surface area contributed by atoms with Gasteiger partial charge < -0.3 is 20.1 Å². The Morgan fingerprint density at radius 1 is 1.50 bits per heavy atom. The fourth-order valence-electron chi connectivity index (χ4n) is 2.51. The fourth-order valence-corrected chi connectivity index (χ4v) is 2.51. The molecule has 112 valence electrons. The van der Waals surface area contributed by atoms with Crippen LogP contribution in [0.5, 0.6) is 0 Å². The number of ether oxygens (including phenoxy) is 1. The highest BCUT2D eigenvalue weighted by Crippen LogP contribution is 2.24. The van der Waals surface area contributed by atoms with Gasteiger partial charge in [0.25, 0.3) is 0 Å². The molecule has 0 spiro atoms. The second-order valence-electron chi connectivity index (χ2n) is 5.65. The molecule has 0 amide bonds. The highest BCUT2D eigenvalue weighted by molar-refractivity contribution is 5.41. The summed E-state index contributed by atoms with van der Waals surface area (Å²) in [5.41, 5.74) is 0.530. The van der Waals surface area contributed by atoms with E-state index in [1.54, 1.807) is 0 Å². The SMILES string of the molecule is CNC(C)c1ccnc(N(C)CC2(O)CCOCC2)c1. The van der Waals surface area contributed by atoms with Crippen LogP contribution in [-0.4, -0.2) is 49.5 Å². The van der Waals surface area contributed by atoms with E-state index in [0.717, 1.165) is 5.82 Å². The first-order valence-corrected chi connectivity index (χ1v) is 7.18. The number of rotatable bonds is 5. The van der Waals surface area contributed by atoms with Crippen molar-refractivity contribution >= 4 is 5.82 Å². The summed E-state index contributed by atoms with van der Waals surface area (Å²) in [6.45, 7) is 3.97. The average Bonchev–Trinajstić information content (AvgIpc) is 2.47. The molecule has 20 heavy (non-hydrogen) atoms. The predicted molar refractivity (Wildman–Crippen MR) is 80.0 cm³/mol. The quantitative estimate of drug-likeness (QED) is 0.852. The summed E-state index contributed by atoms with van der Waals surface area (Å²) in [7, 11) is 3.92. The van der Waals surface area contributed by atoms with Gasteiger partial charge >= 0.3 is 0 Å². The zero-order chi connectivity index (χ0) is 14.6. The summed E-state index contributed by atoms with van der Waals surface area (Å²) in [5.74, 6) is 0.893. The average molecular weight is 279 g/mol. The van der Waals surface area contributed by atoms with E-state index in [0.29, 0.717) is 32.6 Å². The molecule has 2 rings (SSSR count). The lowest BCUT2D eigenvalue weighted by molar-refractivity contribution is -0.0573. The van der Waals surface area contributed by atoms with Crippen LogP contribution in [0.2, 0.25) is 0 Å². The Kier molecular flexibility index (Phi) is 4.96. The van der Waals surface area contributed by atoms with Crippen LogP contribution in [0.4, 0.5) is 5.82 Å². The lowest BCUT2D eigenvalue weighted by atomic mass is 9.94. The van der Waals surface area contributed by atoms with Crippen LogP contribution in [0.25, 0.3) is 0 Å². The van der Waals surface area contributed by atoms with E-state index in [1.807, 2.05) is 31.3 Å². The third-order valence-corrected chi connectivity index (χ3v) is 4.05. The molecule has 5 heteroatoms. The third kappa shape index (κ3) is 3.69. The van der Waals surface area contributed by atoms with Crippen molar-refractivity contribution in [3.63, 3.8) is 0 Å². The Labute approximate surface area is 121 Å². The highest BCUT2D eigenvalue weighted by Gasteiger charge is 2.31. The van der Waals surface area contributed by atoms with Gasteiger partial charge in [-0.15, -0.1) is 0 Å². The first kappa shape index (κ1) is 15.2. The van der Waals surface area contributed by atoms with Crippen LogP contribution < -0.4 is 10.2 Å². The Balaban J connectivity index is 2.06. The summed E-state index contributed by atoms with van der Waals surface area (Å²) < 4.78 is 5.31. The van der Waals surface area contributed by atoms with Gasteiger partial charge in [0, 0.05) is 51.9 Å². The van der Waals surface area contributed by atoms with E-state index in [4.69, 9.17) is 4.74 Å². The molecule has 0 aliphatic carbocycles. The predicted octanol–water partition coefficient (Wildman–Crippen LogP) is 1.34. The van der Waals surface area contributed by atoms with Crippen molar-refractivity contribution in [2.75, 3.05) is 38.8 Å². The van der Waals surface area contributed by atoms with Gasteiger partial charge in [0.1, 0.15) is 5.82 Å². The molecule has 1 aromatic rings. The lowest BCUT2D eigenvalue weighted by Gasteiger charge is -2.36. The third-order valence-electron chi connectivity index (χ3n) is 4.05. The highest BCUT2D eigenvalue weighted by atomic mass is 16.5. The van der Waals surface area contributed by atoms with Crippen molar-refractivity contribution in [2.24, 2.45) is 0 Å². The summed E-state index contributed by atoms with van der Waals surface area (Å²) in [5, 5.41) is 13.8. The van der Waals surface area contributed by atoms with Crippen molar-refractivity contribution in [1.82, 2.24) is 10.3 Å². The standard InChI is InChI=1S/C15H25N3O2/c1-12(16-2)13-4-7-17-14(10-13)18(3)11-15(19)5-8-20-9-6-15/h4,7,10,12,16,19H,5-6,8-9,11H2,1-3H3. The molecule has 2 heterocycles. The van der Waals surface area contributed by atoms with Gasteiger partial charge in [-0.1, -0.05) is 0 Å². The first-order chi connectivity index (χ1) is 9.54. The van der Waals surface area contributed by atoms with E-state index in [2.05, 4.69) is 23.3 Å². The Morgan fingerprint density at radius 3 is 2.85 bits per heavy atom. The summed E-state index contributed by atoms with van der Waals surface area (Å²) in [4.78, 5) is 6.43. The van der Waals surface area contributed by atoms with E-state index in [-0.39, 0.29) is 6.04 Å². The lowest BCUT2D eigenvalue weighted by Crippen LogP contribution is -2.46. The summed E-state index contributed by atoms with van der Waals surface area (Å²) in [6.07, 6.45) is 3.19. The Hall–Kier alpha value is -1.17. The van der Waals surface area contributed by atoms with Crippen LogP contribution in [0.1, 0.15) is 31.4 Å². The van der Waals surface area contributed by atoms with E-state index in [1.165, 1.54) is 5.56 Å². The van der Waals surface area contributed by atoms with Gasteiger partial charge in [0.05, 0.1) is 5.60 Å². The maximum atomic E-state index is 10.6.